The highest BCUT2D eigenvalue weighted by molar-refractivity contribution is 6.46. The van der Waals surface area contributed by atoms with Gasteiger partial charge in [0.15, 0.2) is 0 Å². The first-order chi connectivity index (χ1) is 14.3. The first-order valence-electron chi connectivity index (χ1n) is 10.1. The molecule has 30 heavy (non-hydrogen) atoms. The lowest BCUT2D eigenvalue weighted by molar-refractivity contribution is -0.140. The van der Waals surface area contributed by atoms with Crippen LogP contribution in [0.3, 0.4) is 0 Å². The van der Waals surface area contributed by atoms with Crippen molar-refractivity contribution in [3.8, 4) is 5.75 Å². The fourth-order valence-electron chi connectivity index (χ4n) is 3.57. The predicted octanol–water partition coefficient (Wildman–Crippen LogP) is 3.38. The first-order valence-corrected chi connectivity index (χ1v) is 10.1. The van der Waals surface area contributed by atoms with Gasteiger partial charge in [0.1, 0.15) is 11.5 Å². The topological polar surface area (TPSA) is 70.1 Å². The van der Waals surface area contributed by atoms with Crippen molar-refractivity contribution in [3.63, 3.8) is 0 Å². The standard InChI is InChI=1S/C24H28N2O4/c1-5-30-19-8-6-7-18(15-19)21-20(22(27)17-11-9-16(2)10-12-17)23(28)24(29)26(21)14-13-25(3)4/h6-12,15,21,27H,5,13-14H2,1-4H3/b22-20+. The Morgan fingerprint density at radius 3 is 2.47 bits per heavy atom. The Morgan fingerprint density at radius 2 is 1.83 bits per heavy atom. The molecule has 2 aromatic carbocycles. The summed E-state index contributed by atoms with van der Waals surface area (Å²) in [6, 6.07) is 13.9. The second-order valence-corrected chi connectivity index (χ2v) is 7.67. The zero-order valence-corrected chi connectivity index (χ0v) is 17.9. The lowest BCUT2D eigenvalue weighted by atomic mass is 9.95. The van der Waals surface area contributed by atoms with Crippen molar-refractivity contribution < 1.29 is 19.4 Å². The molecular formula is C24H28N2O4. The van der Waals surface area contributed by atoms with Gasteiger partial charge in [-0.1, -0.05) is 42.0 Å². The van der Waals surface area contributed by atoms with Crippen LogP contribution in [0.5, 0.6) is 5.75 Å². The molecule has 1 amide bonds. The summed E-state index contributed by atoms with van der Waals surface area (Å²) >= 11 is 0. The third-order valence-corrected chi connectivity index (χ3v) is 5.14. The van der Waals surface area contributed by atoms with E-state index >= 15 is 0 Å². The summed E-state index contributed by atoms with van der Waals surface area (Å²) in [6.45, 7) is 5.31. The number of Topliss-reactive ketones (excluding diaryl/α,β-unsaturated/α-hetero) is 1. The van der Waals surface area contributed by atoms with Crippen molar-refractivity contribution >= 4 is 17.4 Å². The lowest BCUT2D eigenvalue weighted by Gasteiger charge is -2.26. The molecule has 2 aromatic rings. The molecule has 1 saturated heterocycles. The molecule has 0 aromatic heterocycles. The van der Waals surface area contributed by atoms with Crippen LogP contribution in [-0.2, 0) is 9.59 Å². The van der Waals surface area contributed by atoms with Crippen LogP contribution in [0.15, 0.2) is 54.1 Å². The zero-order chi connectivity index (χ0) is 21.8. The van der Waals surface area contributed by atoms with Gasteiger partial charge >= 0.3 is 0 Å². The average molecular weight is 408 g/mol. The van der Waals surface area contributed by atoms with Crippen molar-refractivity contribution in [1.29, 1.82) is 0 Å². The van der Waals surface area contributed by atoms with Gasteiger partial charge in [-0.3, -0.25) is 9.59 Å². The Hall–Kier alpha value is -3.12. The normalized spacial score (nSPS) is 18.3. The number of hydrogen-bond acceptors (Lipinski definition) is 5. The number of rotatable bonds is 7. The number of carbonyl (C=O) groups is 2. The predicted molar refractivity (Wildman–Crippen MR) is 116 cm³/mol. The van der Waals surface area contributed by atoms with Crippen LogP contribution in [0.2, 0.25) is 0 Å². The number of likely N-dealkylation sites (tertiary alicyclic amines) is 1. The summed E-state index contributed by atoms with van der Waals surface area (Å²) in [5.41, 5.74) is 2.39. The van der Waals surface area contributed by atoms with Crippen LogP contribution in [0, 0.1) is 6.92 Å². The number of ether oxygens (including phenoxy) is 1. The monoisotopic (exact) mass is 408 g/mol. The number of aliphatic hydroxyl groups excluding tert-OH is 1. The third kappa shape index (κ3) is 4.39. The summed E-state index contributed by atoms with van der Waals surface area (Å²) in [5, 5.41) is 11.0. The minimum absolute atomic E-state index is 0.108. The summed E-state index contributed by atoms with van der Waals surface area (Å²) < 4.78 is 5.61. The minimum atomic E-state index is -0.674. The largest absolute Gasteiger partial charge is 0.507 e. The molecule has 0 saturated carbocycles. The molecule has 1 heterocycles. The summed E-state index contributed by atoms with van der Waals surface area (Å²) in [6.07, 6.45) is 0. The summed E-state index contributed by atoms with van der Waals surface area (Å²) in [7, 11) is 3.82. The summed E-state index contributed by atoms with van der Waals surface area (Å²) in [4.78, 5) is 29.4. The highest BCUT2D eigenvalue weighted by atomic mass is 16.5. The van der Waals surface area contributed by atoms with Gasteiger partial charge in [-0.05, 0) is 45.6 Å². The van der Waals surface area contributed by atoms with Crippen LogP contribution in [0.25, 0.3) is 5.76 Å². The van der Waals surface area contributed by atoms with Crippen LogP contribution in [0.1, 0.15) is 29.7 Å². The quantitative estimate of drug-likeness (QED) is 0.432. The van der Waals surface area contributed by atoms with Crippen LogP contribution >= 0.6 is 0 Å². The van der Waals surface area contributed by atoms with Gasteiger partial charge in [-0.25, -0.2) is 0 Å². The molecule has 0 radical (unpaired) electrons. The van der Waals surface area contributed by atoms with E-state index in [9.17, 15) is 14.7 Å². The van der Waals surface area contributed by atoms with E-state index in [4.69, 9.17) is 4.74 Å². The van der Waals surface area contributed by atoms with Crippen molar-refractivity contribution in [1.82, 2.24) is 9.80 Å². The Kier molecular flexibility index (Phi) is 6.57. The van der Waals surface area contributed by atoms with Crippen molar-refractivity contribution in [2.75, 3.05) is 33.8 Å². The number of carbonyl (C=O) groups excluding carboxylic acids is 2. The fraction of sp³-hybridized carbons (Fsp3) is 0.333. The SMILES string of the molecule is CCOc1cccc(C2/C(=C(\O)c3ccc(C)cc3)C(=O)C(=O)N2CCN(C)C)c1. The molecule has 0 spiro atoms. The smallest absolute Gasteiger partial charge is 0.295 e. The Morgan fingerprint density at radius 1 is 1.13 bits per heavy atom. The average Bonchev–Trinajstić information content (AvgIpc) is 2.97. The minimum Gasteiger partial charge on any atom is -0.507 e. The molecule has 0 bridgehead atoms. The molecule has 1 unspecified atom stereocenters. The molecule has 1 N–H and O–H groups in total. The highest BCUT2D eigenvalue weighted by Gasteiger charge is 2.46. The third-order valence-electron chi connectivity index (χ3n) is 5.14. The zero-order valence-electron chi connectivity index (χ0n) is 17.9. The second-order valence-electron chi connectivity index (χ2n) is 7.67. The van der Waals surface area contributed by atoms with Gasteiger partial charge in [0.25, 0.3) is 11.7 Å². The van der Waals surface area contributed by atoms with Gasteiger partial charge in [0.2, 0.25) is 0 Å². The van der Waals surface area contributed by atoms with E-state index in [0.717, 1.165) is 11.1 Å². The van der Waals surface area contributed by atoms with Crippen LogP contribution in [0.4, 0.5) is 0 Å². The maximum atomic E-state index is 13.0. The Bertz CT molecular complexity index is 963. The molecule has 1 aliphatic heterocycles. The van der Waals surface area contributed by atoms with Gasteiger partial charge in [0.05, 0.1) is 18.2 Å². The molecule has 1 atom stereocenters. The number of aryl methyl sites for hydroxylation is 1. The number of ketones is 1. The number of benzene rings is 2. The van der Waals surface area contributed by atoms with Gasteiger partial charge in [-0.2, -0.15) is 0 Å². The fourth-order valence-corrected chi connectivity index (χ4v) is 3.57. The summed E-state index contributed by atoms with van der Waals surface area (Å²) in [5.74, 6) is -0.771. The molecule has 158 valence electrons. The Balaban J connectivity index is 2.14. The van der Waals surface area contributed by atoms with Gasteiger partial charge < -0.3 is 19.6 Å². The highest BCUT2D eigenvalue weighted by Crippen LogP contribution is 2.40. The second kappa shape index (κ2) is 9.13. The number of hydrogen-bond donors (Lipinski definition) is 1. The molecule has 6 heteroatoms. The van der Waals surface area contributed by atoms with E-state index in [1.807, 2.05) is 69.2 Å². The number of aliphatic hydroxyl groups is 1. The van der Waals surface area contributed by atoms with Crippen LogP contribution < -0.4 is 4.74 Å². The van der Waals surface area contributed by atoms with Crippen LogP contribution in [-0.4, -0.2) is 60.4 Å². The van der Waals surface area contributed by atoms with Crippen molar-refractivity contribution in [3.05, 3.63) is 70.8 Å². The van der Waals surface area contributed by atoms with Gasteiger partial charge in [0, 0.05) is 18.7 Å². The molecular weight excluding hydrogens is 380 g/mol. The van der Waals surface area contributed by atoms with Crippen molar-refractivity contribution in [2.24, 2.45) is 0 Å². The lowest BCUT2D eigenvalue weighted by Crippen LogP contribution is -2.35. The molecule has 6 nitrogen and oxygen atoms in total. The molecule has 1 fully saturated rings. The maximum Gasteiger partial charge on any atom is 0.295 e. The van der Waals surface area contributed by atoms with E-state index in [1.54, 1.807) is 12.1 Å². The number of nitrogens with zero attached hydrogens (tertiary/aromatic N) is 2. The molecule has 1 aliphatic rings. The van der Waals surface area contributed by atoms with Gasteiger partial charge in [-0.15, -0.1) is 0 Å². The number of likely N-dealkylation sites (N-methyl/N-ethyl adjacent to an activating group) is 1. The maximum absolute atomic E-state index is 13.0. The van der Waals surface area contributed by atoms with E-state index in [1.165, 1.54) is 4.90 Å². The first kappa shape index (κ1) is 21.6. The Labute approximate surface area is 177 Å². The van der Waals surface area contributed by atoms with Crippen molar-refractivity contribution in [2.45, 2.75) is 19.9 Å². The van der Waals surface area contributed by atoms with E-state index < -0.39 is 17.7 Å². The van der Waals surface area contributed by atoms with E-state index in [-0.39, 0.29) is 11.3 Å². The number of amides is 1. The van der Waals surface area contributed by atoms with E-state index in [2.05, 4.69) is 0 Å². The molecule has 3 rings (SSSR count). The molecule has 0 aliphatic carbocycles. The van der Waals surface area contributed by atoms with E-state index in [0.29, 0.717) is 31.0 Å².